The summed E-state index contributed by atoms with van der Waals surface area (Å²) in [5, 5.41) is 0. The second-order valence-electron chi connectivity index (χ2n) is 5.13. The summed E-state index contributed by atoms with van der Waals surface area (Å²) in [6, 6.07) is 8.42. The average Bonchev–Trinajstić information content (AvgIpc) is 2.22. The lowest BCUT2D eigenvalue weighted by molar-refractivity contribution is 0.250. The van der Waals surface area contributed by atoms with Crippen LogP contribution in [-0.2, 0) is 0 Å². The Morgan fingerprint density at radius 1 is 1.13 bits per heavy atom. The zero-order chi connectivity index (χ0) is 10.8. The van der Waals surface area contributed by atoms with E-state index in [9.17, 15) is 0 Å². The summed E-state index contributed by atoms with van der Waals surface area (Å²) >= 11 is 0. The van der Waals surface area contributed by atoms with Gasteiger partial charge in [0.1, 0.15) is 0 Å². The number of nitrogens with two attached hydrogens (primary N) is 1. The number of rotatable bonds is 1. The van der Waals surface area contributed by atoms with Crippen LogP contribution in [-0.4, -0.2) is 0 Å². The molecule has 1 aliphatic rings. The van der Waals surface area contributed by atoms with Crippen molar-refractivity contribution in [3.05, 3.63) is 29.8 Å². The maximum Gasteiger partial charge on any atom is 0.0316 e. The second-order valence-corrected chi connectivity index (χ2v) is 5.13. The largest absolute Gasteiger partial charge is 0.399 e. The van der Waals surface area contributed by atoms with E-state index in [0.29, 0.717) is 0 Å². The zero-order valence-corrected chi connectivity index (χ0v) is 9.74. The van der Waals surface area contributed by atoms with Crippen molar-refractivity contribution in [2.75, 3.05) is 5.73 Å². The summed E-state index contributed by atoms with van der Waals surface area (Å²) in [6.07, 6.45) is 4.01. The van der Waals surface area contributed by atoms with Gasteiger partial charge in [-0.25, -0.2) is 0 Å². The van der Waals surface area contributed by atoms with Gasteiger partial charge in [0.15, 0.2) is 0 Å². The minimum absolute atomic E-state index is 0.736. The van der Waals surface area contributed by atoms with Crippen molar-refractivity contribution in [3.8, 4) is 0 Å². The van der Waals surface area contributed by atoms with Gasteiger partial charge in [0, 0.05) is 5.69 Å². The first-order valence-corrected chi connectivity index (χ1v) is 6.02. The van der Waals surface area contributed by atoms with Gasteiger partial charge in [0.05, 0.1) is 0 Å². The molecule has 0 aromatic heterocycles. The summed E-state index contributed by atoms with van der Waals surface area (Å²) in [4.78, 5) is 0. The molecule has 0 aliphatic heterocycles. The molecule has 1 aromatic carbocycles. The van der Waals surface area contributed by atoms with Gasteiger partial charge in [0.2, 0.25) is 0 Å². The van der Waals surface area contributed by atoms with Crippen LogP contribution < -0.4 is 5.73 Å². The quantitative estimate of drug-likeness (QED) is 0.690. The van der Waals surface area contributed by atoms with E-state index < -0.39 is 0 Å². The Kier molecular flexibility index (Phi) is 2.99. The van der Waals surface area contributed by atoms with Crippen molar-refractivity contribution in [1.82, 2.24) is 0 Å². The van der Waals surface area contributed by atoms with Crippen molar-refractivity contribution in [3.63, 3.8) is 0 Å². The lowest BCUT2D eigenvalue weighted by Crippen LogP contribution is -2.19. The molecule has 2 N–H and O–H groups in total. The first-order chi connectivity index (χ1) is 7.16. The van der Waals surface area contributed by atoms with Crippen LogP contribution in [0.15, 0.2) is 24.3 Å². The van der Waals surface area contributed by atoms with E-state index in [0.717, 1.165) is 23.4 Å². The molecule has 1 aromatic rings. The summed E-state index contributed by atoms with van der Waals surface area (Å²) in [5.74, 6) is 2.48. The molecule has 1 aliphatic carbocycles. The van der Waals surface area contributed by atoms with E-state index in [1.807, 2.05) is 6.07 Å². The lowest BCUT2D eigenvalue weighted by Gasteiger charge is -2.32. The molecule has 0 bridgehead atoms. The fraction of sp³-hybridized carbons (Fsp3) is 0.571. The van der Waals surface area contributed by atoms with Crippen LogP contribution in [0.1, 0.15) is 44.6 Å². The highest BCUT2D eigenvalue weighted by atomic mass is 14.5. The van der Waals surface area contributed by atoms with Gasteiger partial charge >= 0.3 is 0 Å². The highest BCUT2D eigenvalue weighted by molar-refractivity contribution is 5.41. The molecule has 1 heteroatoms. The molecule has 0 radical (unpaired) electrons. The van der Waals surface area contributed by atoms with Crippen LogP contribution in [0.25, 0.3) is 0 Å². The zero-order valence-electron chi connectivity index (χ0n) is 9.74. The highest BCUT2D eigenvalue weighted by Gasteiger charge is 2.25. The second kappa shape index (κ2) is 4.26. The van der Waals surface area contributed by atoms with Crippen molar-refractivity contribution in [1.29, 1.82) is 0 Å². The molecule has 0 heterocycles. The third kappa shape index (κ3) is 2.34. The SMILES string of the molecule is C[C@@H]1CC[C@H](c2cccc(N)c2)C[C@H]1C. The molecular formula is C14H21N. The fourth-order valence-electron chi connectivity index (χ4n) is 2.66. The molecule has 0 unspecified atom stereocenters. The molecule has 1 nitrogen and oxygen atoms in total. The van der Waals surface area contributed by atoms with Gasteiger partial charge in [0.25, 0.3) is 0 Å². The van der Waals surface area contributed by atoms with Crippen LogP contribution >= 0.6 is 0 Å². The summed E-state index contributed by atoms with van der Waals surface area (Å²) in [5.41, 5.74) is 8.17. The Balaban J connectivity index is 2.12. The van der Waals surface area contributed by atoms with E-state index >= 15 is 0 Å². The van der Waals surface area contributed by atoms with Crippen molar-refractivity contribution >= 4 is 5.69 Å². The van der Waals surface area contributed by atoms with Crippen LogP contribution in [0.2, 0.25) is 0 Å². The minimum atomic E-state index is 0.736. The molecule has 1 saturated carbocycles. The topological polar surface area (TPSA) is 26.0 Å². The highest BCUT2D eigenvalue weighted by Crippen LogP contribution is 2.39. The summed E-state index contributed by atoms with van der Waals surface area (Å²) in [6.45, 7) is 4.75. The lowest BCUT2D eigenvalue weighted by atomic mass is 9.73. The Morgan fingerprint density at radius 3 is 2.60 bits per heavy atom. The molecule has 15 heavy (non-hydrogen) atoms. The minimum Gasteiger partial charge on any atom is -0.399 e. The molecule has 82 valence electrons. The van der Waals surface area contributed by atoms with Gasteiger partial charge < -0.3 is 5.73 Å². The average molecular weight is 203 g/mol. The number of benzene rings is 1. The molecular weight excluding hydrogens is 182 g/mol. The molecule has 1 fully saturated rings. The monoisotopic (exact) mass is 203 g/mol. The molecule has 0 saturated heterocycles. The predicted octanol–water partition coefficient (Wildman–Crippen LogP) is 3.81. The van der Waals surface area contributed by atoms with E-state index in [-0.39, 0.29) is 0 Å². The van der Waals surface area contributed by atoms with Gasteiger partial charge in [-0.15, -0.1) is 0 Å². The molecule has 2 rings (SSSR count). The van der Waals surface area contributed by atoms with Gasteiger partial charge in [-0.3, -0.25) is 0 Å². The van der Waals surface area contributed by atoms with Crippen molar-refractivity contribution in [2.45, 2.75) is 39.0 Å². The molecule has 0 amide bonds. The maximum absolute atomic E-state index is 5.83. The van der Waals surface area contributed by atoms with Gasteiger partial charge in [-0.2, -0.15) is 0 Å². The van der Waals surface area contributed by atoms with E-state index in [4.69, 9.17) is 5.73 Å². The summed E-state index contributed by atoms with van der Waals surface area (Å²) < 4.78 is 0. The van der Waals surface area contributed by atoms with Gasteiger partial charge in [-0.1, -0.05) is 26.0 Å². The fourth-order valence-corrected chi connectivity index (χ4v) is 2.66. The number of hydrogen-bond acceptors (Lipinski definition) is 1. The molecule has 3 atom stereocenters. The van der Waals surface area contributed by atoms with Crippen molar-refractivity contribution < 1.29 is 0 Å². The van der Waals surface area contributed by atoms with E-state index in [2.05, 4.69) is 32.0 Å². The number of hydrogen-bond donors (Lipinski definition) is 1. The predicted molar refractivity (Wildman–Crippen MR) is 65.8 cm³/mol. The third-order valence-electron chi connectivity index (χ3n) is 3.98. The Hall–Kier alpha value is -0.980. The normalized spacial score (nSPS) is 31.5. The maximum atomic E-state index is 5.83. The van der Waals surface area contributed by atoms with Crippen LogP contribution in [0, 0.1) is 11.8 Å². The van der Waals surface area contributed by atoms with Crippen LogP contribution in [0.3, 0.4) is 0 Å². The van der Waals surface area contributed by atoms with Gasteiger partial charge in [-0.05, 0) is 54.7 Å². The Morgan fingerprint density at radius 2 is 1.93 bits per heavy atom. The summed E-state index contributed by atoms with van der Waals surface area (Å²) in [7, 11) is 0. The first-order valence-electron chi connectivity index (χ1n) is 6.02. The number of anilines is 1. The van der Waals surface area contributed by atoms with Crippen molar-refractivity contribution in [2.24, 2.45) is 11.8 Å². The Labute approximate surface area is 92.7 Å². The van der Waals surface area contributed by atoms with Crippen LogP contribution in [0.4, 0.5) is 5.69 Å². The van der Waals surface area contributed by atoms with E-state index in [1.54, 1.807) is 0 Å². The third-order valence-corrected chi connectivity index (χ3v) is 3.98. The number of nitrogen functional groups attached to an aromatic ring is 1. The standard InChI is InChI=1S/C14H21N/c1-10-6-7-13(8-11(10)2)12-4-3-5-14(15)9-12/h3-5,9-11,13H,6-8,15H2,1-2H3/t10-,11-,13+/m1/s1. The first kappa shape index (κ1) is 10.5. The molecule has 0 spiro atoms. The van der Waals surface area contributed by atoms with Crippen LogP contribution in [0.5, 0.6) is 0 Å². The van der Waals surface area contributed by atoms with E-state index in [1.165, 1.54) is 24.8 Å². The smallest absolute Gasteiger partial charge is 0.0316 e. The Bertz CT molecular complexity index is 332.